The number of nitrogens with one attached hydrogen (secondary N) is 1. The van der Waals surface area contributed by atoms with Crippen LogP contribution in [0.25, 0.3) is 0 Å². The fourth-order valence-electron chi connectivity index (χ4n) is 2.59. The Morgan fingerprint density at radius 1 is 1.40 bits per heavy atom. The molecule has 0 amide bonds. The van der Waals surface area contributed by atoms with E-state index in [4.69, 9.17) is 16.9 Å². The van der Waals surface area contributed by atoms with Crippen LogP contribution in [0.1, 0.15) is 31.2 Å². The van der Waals surface area contributed by atoms with Gasteiger partial charge in [0.2, 0.25) is 0 Å². The van der Waals surface area contributed by atoms with E-state index >= 15 is 0 Å². The Bertz CT molecular complexity index is 637. The van der Waals surface area contributed by atoms with Gasteiger partial charge in [-0.25, -0.2) is 8.42 Å². The molecule has 1 saturated carbocycles. The molecule has 4 nitrogen and oxygen atoms in total. The molecule has 108 valence electrons. The Hall–Kier alpha value is -1.25. The van der Waals surface area contributed by atoms with E-state index in [2.05, 4.69) is 5.32 Å². The van der Waals surface area contributed by atoms with Gasteiger partial charge in [-0.1, -0.05) is 18.0 Å². The van der Waals surface area contributed by atoms with Gasteiger partial charge in [0.25, 0.3) is 0 Å². The third-order valence-electron chi connectivity index (χ3n) is 3.69. The van der Waals surface area contributed by atoms with Crippen molar-refractivity contribution in [2.24, 2.45) is 0 Å². The second-order valence-electron chi connectivity index (χ2n) is 5.27. The largest absolute Gasteiger partial charge is 0.381 e. The van der Waals surface area contributed by atoms with Crippen molar-refractivity contribution in [3.05, 3.63) is 28.8 Å². The average molecular weight is 313 g/mol. The molecule has 20 heavy (non-hydrogen) atoms. The minimum Gasteiger partial charge on any atom is -0.381 e. The highest BCUT2D eigenvalue weighted by atomic mass is 35.5. The highest BCUT2D eigenvalue weighted by molar-refractivity contribution is 7.91. The minimum absolute atomic E-state index is 0.105. The Morgan fingerprint density at radius 3 is 2.75 bits per heavy atom. The fourth-order valence-corrected chi connectivity index (χ4v) is 4.00. The molecule has 1 fully saturated rings. The lowest BCUT2D eigenvalue weighted by molar-refractivity contribution is 0.453. The smallest absolute Gasteiger partial charge is 0.150 e. The molecule has 1 N–H and O–H groups in total. The van der Waals surface area contributed by atoms with Crippen LogP contribution in [0.2, 0.25) is 5.02 Å². The summed E-state index contributed by atoms with van der Waals surface area (Å²) in [5, 5.41) is 12.3. The molecule has 0 radical (unpaired) electrons. The average Bonchev–Trinajstić information content (AvgIpc) is 2.40. The molecule has 1 aliphatic carbocycles. The first-order valence-corrected chi connectivity index (χ1v) is 8.88. The van der Waals surface area contributed by atoms with Crippen LogP contribution in [-0.4, -0.2) is 26.0 Å². The van der Waals surface area contributed by atoms with Crippen molar-refractivity contribution in [3.8, 4) is 6.07 Å². The van der Waals surface area contributed by atoms with Crippen molar-refractivity contribution in [3.63, 3.8) is 0 Å². The number of sulfone groups is 1. The van der Waals surface area contributed by atoms with Crippen molar-refractivity contribution in [2.45, 2.75) is 37.0 Å². The first-order chi connectivity index (χ1) is 9.40. The van der Waals surface area contributed by atoms with Crippen LogP contribution in [0.4, 0.5) is 5.69 Å². The molecule has 2 rings (SSSR count). The molecule has 2 atom stereocenters. The molecule has 0 heterocycles. The summed E-state index contributed by atoms with van der Waals surface area (Å²) in [5.74, 6) is 0. The van der Waals surface area contributed by atoms with Gasteiger partial charge in [0.15, 0.2) is 0 Å². The first kappa shape index (κ1) is 15.1. The minimum atomic E-state index is -2.99. The number of nitriles is 1. The molecule has 0 saturated heterocycles. The zero-order chi connectivity index (χ0) is 14.8. The Morgan fingerprint density at radius 2 is 2.15 bits per heavy atom. The van der Waals surface area contributed by atoms with Crippen molar-refractivity contribution in [1.29, 1.82) is 5.26 Å². The number of hydrogen-bond donors (Lipinski definition) is 1. The summed E-state index contributed by atoms with van der Waals surface area (Å²) in [7, 11) is -2.99. The van der Waals surface area contributed by atoms with Gasteiger partial charge >= 0.3 is 0 Å². The lowest BCUT2D eigenvalue weighted by Crippen LogP contribution is -2.34. The van der Waals surface area contributed by atoms with Gasteiger partial charge in [-0.3, -0.25) is 0 Å². The van der Waals surface area contributed by atoms with Gasteiger partial charge in [-0.2, -0.15) is 5.26 Å². The molecule has 1 aromatic carbocycles. The first-order valence-electron chi connectivity index (χ1n) is 6.55. The number of anilines is 1. The van der Waals surface area contributed by atoms with E-state index in [0.717, 1.165) is 24.9 Å². The summed E-state index contributed by atoms with van der Waals surface area (Å²) in [5.41, 5.74) is 1.27. The Labute approximate surface area is 124 Å². The second-order valence-corrected chi connectivity index (χ2v) is 8.00. The predicted octanol–water partition coefficient (Wildman–Crippen LogP) is 2.98. The quantitative estimate of drug-likeness (QED) is 0.931. The zero-order valence-corrected chi connectivity index (χ0v) is 12.8. The molecule has 1 aromatic rings. The monoisotopic (exact) mass is 312 g/mol. The SMILES string of the molecule is CS(=O)(=O)C1CCCC(Nc2ccc(C#N)cc2Cl)C1. The van der Waals surface area contributed by atoms with E-state index in [1.165, 1.54) is 6.26 Å². The van der Waals surface area contributed by atoms with E-state index in [0.29, 0.717) is 17.0 Å². The van der Waals surface area contributed by atoms with Gasteiger partial charge in [0.1, 0.15) is 9.84 Å². The Kier molecular flexibility index (Phi) is 4.56. The van der Waals surface area contributed by atoms with Crippen LogP contribution < -0.4 is 5.32 Å². The van der Waals surface area contributed by atoms with Crippen molar-refractivity contribution < 1.29 is 8.42 Å². The van der Waals surface area contributed by atoms with Gasteiger partial charge < -0.3 is 5.32 Å². The topological polar surface area (TPSA) is 70.0 Å². The van der Waals surface area contributed by atoms with Gasteiger partial charge in [0, 0.05) is 12.3 Å². The van der Waals surface area contributed by atoms with Gasteiger partial charge in [-0.15, -0.1) is 0 Å². The molecule has 1 aliphatic rings. The van der Waals surface area contributed by atoms with E-state index in [1.54, 1.807) is 18.2 Å². The molecule has 0 aromatic heterocycles. The van der Waals surface area contributed by atoms with Crippen LogP contribution >= 0.6 is 11.6 Å². The lowest BCUT2D eigenvalue weighted by atomic mass is 9.94. The zero-order valence-electron chi connectivity index (χ0n) is 11.3. The summed E-state index contributed by atoms with van der Waals surface area (Å²) in [6.07, 6.45) is 4.47. The normalized spacial score (nSPS) is 23.1. The number of nitrogens with zero attached hydrogens (tertiary/aromatic N) is 1. The second kappa shape index (κ2) is 6.02. The fraction of sp³-hybridized carbons (Fsp3) is 0.500. The van der Waals surface area contributed by atoms with Crippen LogP contribution in [0.15, 0.2) is 18.2 Å². The number of halogens is 1. The highest BCUT2D eigenvalue weighted by Crippen LogP contribution is 2.29. The number of benzene rings is 1. The summed E-state index contributed by atoms with van der Waals surface area (Å²) in [6, 6.07) is 7.22. The maximum Gasteiger partial charge on any atom is 0.150 e. The third kappa shape index (κ3) is 3.65. The van der Waals surface area contributed by atoms with E-state index in [9.17, 15) is 8.42 Å². The summed E-state index contributed by atoms with van der Waals surface area (Å²) in [6.45, 7) is 0. The molecule has 0 aliphatic heterocycles. The molecular weight excluding hydrogens is 296 g/mol. The lowest BCUT2D eigenvalue weighted by Gasteiger charge is -2.29. The predicted molar refractivity (Wildman–Crippen MR) is 80.7 cm³/mol. The van der Waals surface area contributed by atoms with Crippen LogP contribution in [0.3, 0.4) is 0 Å². The maximum atomic E-state index is 11.6. The molecule has 2 unspecified atom stereocenters. The number of hydrogen-bond acceptors (Lipinski definition) is 4. The van der Waals surface area contributed by atoms with Crippen molar-refractivity contribution >= 4 is 27.1 Å². The molecule has 0 bridgehead atoms. The summed E-state index contributed by atoms with van der Waals surface area (Å²) in [4.78, 5) is 0. The van der Waals surface area contributed by atoms with E-state index < -0.39 is 9.84 Å². The van der Waals surface area contributed by atoms with Crippen molar-refractivity contribution in [1.82, 2.24) is 0 Å². The summed E-state index contributed by atoms with van der Waals surface area (Å²) < 4.78 is 23.3. The summed E-state index contributed by atoms with van der Waals surface area (Å²) >= 11 is 6.12. The standard InChI is InChI=1S/C14H17ClN2O2S/c1-20(18,19)12-4-2-3-11(8-12)17-14-6-5-10(9-16)7-13(14)15/h5-7,11-12,17H,2-4,8H2,1H3. The van der Waals surface area contributed by atoms with E-state index in [-0.39, 0.29) is 11.3 Å². The third-order valence-corrected chi connectivity index (χ3v) is 5.64. The molecule has 6 heteroatoms. The maximum absolute atomic E-state index is 11.6. The van der Waals surface area contributed by atoms with Gasteiger partial charge in [-0.05, 0) is 37.5 Å². The number of rotatable bonds is 3. The van der Waals surface area contributed by atoms with Crippen LogP contribution in [0.5, 0.6) is 0 Å². The van der Waals surface area contributed by atoms with Crippen molar-refractivity contribution in [2.75, 3.05) is 11.6 Å². The van der Waals surface area contributed by atoms with E-state index in [1.807, 2.05) is 6.07 Å². The van der Waals surface area contributed by atoms with Gasteiger partial charge in [0.05, 0.1) is 27.6 Å². The highest BCUT2D eigenvalue weighted by Gasteiger charge is 2.28. The van der Waals surface area contributed by atoms with Crippen LogP contribution in [0, 0.1) is 11.3 Å². The van der Waals surface area contributed by atoms with Crippen LogP contribution in [-0.2, 0) is 9.84 Å². The molecular formula is C14H17ClN2O2S. The Balaban J connectivity index is 2.09. The molecule has 0 spiro atoms.